The van der Waals surface area contributed by atoms with Crippen molar-refractivity contribution in [2.75, 3.05) is 0 Å². The Morgan fingerprint density at radius 3 is 2.65 bits per heavy atom. The number of aromatic hydroxyl groups is 1. The van der Waals surface area contributed by atoms with Crippen LogP contribution in [0.25, 0.3) is 22.8 Å². The van der Waals surface area contributed by atoms with Crippen LogP contribution in [0.3, 0.4) is 0 Å². The smallest absolute Gasteiger partial charge is 0.260 e. The van der Waals surface area contributed by atoms with Crippen molar-refractivity contribution < 1.29 is 9.63 Å². The Morgan fingerprint density at radius 1 is 1.05 bits per heavy atom. The molecule has 5 heteroatoms. The fraction of sp³-hybridized carbons (Fsp3) is 0.133. The van der Waals surface area contributed by atoms with Gasteiger partial charge in [-0.15, -0.1) is 0 Å². The number of phenolic OH excluding ortho intramolecular Hbond substituents is 1. The minimum atomic E-state index is 0.169. The zero-order chi connectivity index (χ0) is 14.1. The first-order chi connectivity index (χ1) is 9.63. The third-order valence-electron chi connectivity index (χ3n) is 2.99. The Morgan fingerprint density at radius 2 is 1.90 bits per heavy atom. The van der Waals surface area contributed by atoms with E-state index in [4.69, 9.17) is 4.52 Å². The molecule has 0 unspecified atom stereocenters. The molecule has 0 aliphatic heterocycles. The maximum Gasteiger partial charge on any atom is 0.260 e. The average molecular weight is 267 g/mol. The van der Waals surface area contributed by atoms with Gasteiger partial charge >= 0.3 is 0 Å². The molecule has 0 aliphatic rings. The van der Waals surface area contributed by atoms with Crippen LogP contribution in [0.4, 0.5) is 0 Å². The molecule has 0 atom stereocenters. The van der Waals surface area contributed by atoms with E-state index in [9.17, 15) is 5.11 Å². The number of hydrogen-bond acceptors (Lipinski definition) is 5. The monoisotopic (exact) mass is 267 g/mol. The average Bonchev–Trinajstić information content (AvgIpc) is 2.88. The van der Waals surface area contributed by atoms with Crippen molar-refractivity contribution >= 4 is 0 Å². The third kappa shape index (κ3) is 2.25. The highest BCUT2D eigenvalue weighted by Gasteiger charge is 2.13. The van der Waals surface area contributed by atoms with Crippen LogP contribution in [-0.4, -0.2) is 20.2 Å². The van der Waals surface area contributed by atoms with Crippen molar-refractivity contribution in [3.05, 3.63) is 47.8 Å². The summed E-state index contributed by atoms with van der Waals surface area (Å²) in [5.74, 6) is 1.03. The lowest BCUT2D eigenvalue weighted by Gasteiger charge is -2.00. The van der Waals surface area contributed by atoms with Crippen LogP contribution in [0.2, 0.25) is 0 Å². The molecule has 0 spiro atoms. The van der Waals surface area contributed by atoms with Crippen molar-refractivity contribution in [3.8, 4) is 28.6 Å². The Kier molecular flexibility index (Phi) is 2.95. The number of hydrogen-bond donors (Lipinski definition) is 1. The first-order valence-electron chi connectivity index (χ1n) is 6.21. The summed E-state index contributed by atoms with van der Waals surface area (Å²) in [5, 5.41) is 13.4. The zero-order valence-electron chi connectivity index (χ0n) is 11.2. The van der Waals surface area contributed by atoms with E-state index in [1.165, 1.54) is 0 Å². The summed E-state index contributed by atoms with van der Waals surface area (Å²) in [5.41, 5.74) is 3.31. The number of phenols is 1. The van der Waals surface area contributed by atoms with Crippen LogP contribution in [0.5, 0.6) is 5.75 Å². The maximum absolute atomic E-state index is 9.48. The molecular weight excluding hydrogens is 254 g/mol. The molecule has 100 valence electrons. The summed E-state index contributed by atoms with van der Waals surface area (Å²) in [4.78, 5) is 8.73. The molecule has 0 bridgehead atoms. The van der Waals surface area contributed by atoms with Crippen LogP contribution in [-0.2, 0) is 0 Å². The molecule has 5 nitrogen and oxygen atoms in total. The van der Waals surface area contributed by atoms with Gasteiger partial charge < -0.3 is 9.63 Å². The standard InChI is InChI=1S/C15H13N3O2/c1-9-6-7-13(10(2)16-9)15-17-14(18-20-15)11-4-3-5-12(19)8-11/h3-8,19H,1-2H3. The van der Waals surface area contributed by atoms with E-state index in [0.717, 1.165) is 17.0 Å². The molecule has 0 fully saturated rings. The van der Waals surface area contributed by atoms with Crippen LogP contribution in [0.15, 0.2) is 40.9 Å². The molecule has 1 aromatic carbocycles. The van der Waals surface area contributed by atoms with Gasteiger partial charge in [-0.1, -0.05) is 17.3 Å². The van der Waals surface area contributed by atoms with Crippen LogP contribution >= 0.6 is 0 Å². The highest BCUT2D eigenvalue weighted by Crippen LogP contribution is 2.25. The van der Waals surface area contributed by atoms with Crippen molar-refractivity contribution in [1.29, 1.82) is 0 Å². The van der Waals surface area contributed by atoms with Gasteiger partial charge in [-0.25, -0.2) is 0 Å². The van der Waals surface area contributed by atoms with Crippen molar-refractivity contribution in [2.24, 2.45) is 0 Å². The lowest BCUT2D eigenvalue weighted by molar-refractivity contribution is 0.432. The topological polar surface area (TPSA) is 72.0 Å². The van der Waals surface area contributed by atoms with Gasteiger partial charge in [-0.05, 0) is 38.1 Å². The molecule has 20 heavy (non-hydrogen) atoms. The molecular formula is C15H13N3O2. The van der Waals surface area contributed by atoms with E-state index in [-0.39, 0.29) is 5.75 Å². The molecule has 0 saturated carbocycles. The normalized spacial score (nSPS) is 10.7. The minimum Gasteiger partial charge on any atom is -0.508 e. The fourth-order valence-electron chi connectivity index (χ4n) is 2.01. The van der Waals surface area contributed by atoms with E-state index in [0.29, 0.717) is 17.3 Å². The fourth-order valence-corrected chi connectivity index (χ4v) is 2.01. The summed E-state index contributed by atoms with van der Waals surface area (Å²) >= 11 is 0. The van der Waals surface area contributed by atoms with Gasteiger partial charge in [0.25, 0.3) is 5.89 Å². The summed E-state index contributed by atoms with van der Waals surface area (Å²) in [6.45, 7) is 3.84. The van der Waals surface area contributed by atoms with Gasteiger partial charge in [0.05, 0.1) is 11.3 Å². The first kappa shape index (κ1) is 12.3. The number of benzene rings is 1. The van der Waals surface area contributed by atoms with Gasteiger partial charge in [-0.2, -0.15) is 4.98 Å². The van der Waals surface area contributed by atoms with E-state index in [1.54, 1.807) is 18.2 Å². The Labute approximate surface area is 115 Å². The molecule has 0 saturated heterocycles. The molecule has 3 aromatic rings. The van der Waals surface area contributed by atoms with Crippen molar-refractivity contribution in [2.45, 2.75) is 13.8 Å². The highest BCUT2D eigenvalue weighted by atomic mass is 16.5. The Bertz CT molecular complexity index is 765. The van der Waals surface area contributed by atoms with Gasteiger partial charge in [0.1, 0.15) is 5.75 Å². The molecule has 0 aliphatic carbocycles. The predicted molar refractivity (Wildman–Crippen MR) is 74.1 cm³/mol. The largest absolute Gasteiger partial charge is 0.508 e. The number of nitrogens with zero attached hydrogens (tertiary/aromatic N) is 3. The summed E-state index contributed by atoms with van der Waals surface area (Å²) in [7, 11) is 0. The summed E-state index contributed by atoms with van der Waals surface area (Å²) in [6, 6.07) is 10.6. The Hall–Kier alpha value is -2.69. The second-order valence-corrected chi connectivity index (χ2v) is 4.56. The van der Waals surface area contributed by atoms with Crippen LogP contribution in [0.1, 0.15) is 11.4 Å². The van der Waals surface area contributed by atoms with E-state index in [2.05, 4.69) is 15.1 Å². The third-order valence-corrected chi connectivity index (χ3v) is 2.99. The first-order valence-corrected chi connectivity index (χ1v) is 6.21. The molecule has 2 aromatic heterocycles. The van der Waals surface area contributed by atoms with E-state index < -0.39 is 0 Å². The molecule has 1 N–H and O–H groups in total. The number of pyridine rings is 1. The predicted octanol–water partition coefficient (Wildman–Crippen LogP) is 3.12. The van der Waals surface area contributed by atoms with E-state index >= 15 is 0 Å². The molecule has 0 amide bonds. The second-order valence-electron chi connectivity index (χ2n) is 4.56. The Balaban J connectivity index is 2.02. The van der Waals surface area contributed by atoms with Crippen molar-refractivity contribution in [1.82, 2.24) is 15.1 Å². The van der Waals surface area contributed by atoms with Gasteiger partial charge in [-0.3, -0.25) is 4.98 Å². The quantitative estimate of drug-likeness (QED) is 0.772. The van der Waals surface area contributed by atoms with Gasteiger partial charge in [0, 0.05) is 11.3 Å². The summed E-state index contributed by atoms with van der Waals surface area (Å²) < 4.78 is 5.28. The summed E-state index contributed by atoms with van der Waals surface area (Å²) in [6.07, 6.45) is 0. The SMILES string of the molecule is Cc1ccc(-c2nc(-c3cccc(O)c3)no2)c(C)n1. The van der Waals surface area contributed by atoms with Crippen LogP contribution < -0.4 is 0 Å². The van der Waals surface area contributed by atoms with Crippen LogP contribution in [0, 0.1) is 13.8 Å². The number of rotatable bonds is 2. The number of aryl methyl sites for hydroxylation is 2. The molecule has 2 heterocycles. The lowest BCUT2D eigenvalue weighted by atomic mass is 10.2. The lowest BCUT2D eigenvalue weighted by Crippen LogP contribution is -1.90. The van der Waals surface area contributed by atoms with Gasteiger partial charge in [0.15, 0.2) is 0 Å². The second kappa shape index (κ2) is 4.77. The van der Waals surface area contributed by atoms with Crippen molar-refractivity contribution in [3.63, 3.8) is 0 Å². The minimum absolute atomic E-state index is 0.169. The van der Waals surface area contributed by atoms with Gasteiger partial charge in [0.2, 0.25) is 5.82 Å². The van der Waals surface area contributed by atoms with E-state index in [1.807, 2.05) is 32.0 Å². The maximum atomic E-state index is 9.48. The molecule has 0 radical (unpaired) electrons. The highest BCUT2D eigenvalue weighted by molar-refractivity contribution is 5.62. The zero-order valence-corrected chi connectivity index (χ0v) is 11.2. The number of aromatic nitrogens is 3. The molecule has 3 rings (SSSR count).